The lowest BCUT2D eigenvalue weighted by Gasteiger charge is -2.28. The third-order valence-corrected chi connectivity index (χ3v) is 5.70. The molecule has 154 valence electrons. The van der Waals surface area contributed by atoms with Crippen LogP contribution in [0.2, 0.25) is 0 Å². The van der Waals surface area contributed by atoms with Crippen molar-refractivity contribution in [2.24, 2.45) is 0 Å². The quantitative estimate of drug-likeness (QED) is 0.569. The van der Waals surface area contributed by atoms with E-state index >= 15 is 0 Å². The van der Waals surface area contributed by atoms with E-state index in [2.05, 4.69) is 50.3 Å². The van der Waals surface area contributed by atoms with Crippen molar-refractivity contribution in [1.29, 1.82) is 0 Å². The first-order valence-corrected chi connectivity index (χ1v) is 10.6. The number of anilines is 1. The molecule has 2 atom stereocenters. The number of nitrogens with one attached hydrogen (secondary N) is 2. The highest BCUT2D eigenvalue weighted by Crippen LogP contribution is 2.38. The van der Waals surface area contributed by atoms with Gasteiger partial charge in [0.25, 0.3) is 0 Å². The summed E-state index contributed by atoms with van der Waals surface area (Å²) < 4.78 is 2.22. The molecule has 3 aromatic rings. The van der Waals surface area contributed by atoms with E-state index in [1.165, 1.54) is 0 Å². The number of hydrogen-bond acceptors (Lipinski definition) is 3. The van der Waals surface area contributed by atoms with Crippen LogP contribution >= 0.6 is 12.2 Å². The number of aromatic nitrogens is 2. The average molecular weight is 420 g/mol. The van der Waals surface area contributed by atoms with Gasteiger partial charge >= 0.3 is 0 Å². The number of nitrogens with zero attached hydrogens (tertiary/aromatic N) is 3. The van der Waals surface area contributed by atoms with E-state index in [4.69, 9.17) is 12.2 Å². The topological polar surface area (TPSA) is 62.2 Å². The van der Waals surface area contributed by atoms with Crippen molar-refractivity contribution >= 4 is 28.9 Å². The van der Waals surface area contributed by atoms with Crippen LogP contribution in [-0.2, 0) is 11.3 Å². The number of para-hydroxylation sites is 1. The highest BCUT2D eigenvalue weighted by molar-refractivity contribution is 7.80. The highest BCUT2D eigenvalue weighted by atomic mass is 32.1. The van der Waals surface area contributed by atoms with Crippen molar-refractivity contribution in [1.82, 2.24) is 19.8 Å². The molecule has 0 bridgehead atoms. The first kappa shape index (κ1) is 20.1. The molecule has 6 nitrogen and oxygen atoms in total. The zero-order valence-electron chi connectivity index (χ0n) is 16.9. The zero-order valence-corrected chi connectivity index (χ0v) is 17.7. The van der Waals surface area contributed by atoms with Crippen molar-refractivity contribution in [3.05, 3.63) is 84.4 Å². The molecule has 0 saturated carbocycles. The smallest absolute Gasteiger partial charge is 0.226 e. The third-order valence-electron chi connectivity index (χ3n) is 5.34. The lowest BCUT2D eigenvalue weighted by atomic mass is 10.0. The summed E-state index contributed by atoms with van der Waals surface area (Å²) >= 11 is 5.68. The first-order valence-electron chi connectivity index (χ1n) is 10.2. The Balaban J connectivity index is 1.55. The summed E-state index contributed by atoms with van der Waals surface area (Å²) in [5.41, 5.74) is 2.89. The van der Waals surface area contributed by atoms with Crippen LogP contribution in [0, 0.1) is 0 Å². The van der Waals surface area contributed by atoms with Crippen LogP contribution < -0.4 is 10.6 Å². The number of rotatable bonds is 7. The maximum Gasteiger partial charge on any atom is 0.226 e. The molecule has 0 aliphatic carbocycles. The van der Waals surface area contributed by atoms with Gasteiger partial charge in [-0.25, -0.2) is 0 Å². The van der Waals surface area contributed by atoms with E-state index in [0.29, 0.717) is 18.1 Å². The van der Waals surface area contributed by atoms with Crippen LogP contribution in [0.3, 0.4) is 0 Å². The Kier molecular flexibility index (Phi) is 6.09. The molecule has 3 heterocycles. The standard InChI is InChI=1S/C23H25N5OS/c1-2-27-15-8-12-19(27)22-21(18-11-6-7-14-24-18)26-23(30)28(22)16-13-20(29)25-17-9-4-3-5-10-17/h3-12,14-15,21-22H,2,13,16H2,1H3,(H,25,29)(H,26,30). The minimum Gasteiger partial charge on any atom is -0.352 e. The molecule has 4 rings (SSSR count). The van der Waals surface area contributed by atoms with Gasteiger partial charge in [-0.15, -0.1) is 0 Å². The summed E-state index contributed by atoms with van der Waals surface area (Å²) in [7, 11) is 0. The van der Waals surface area contributed by atoms with E-state index < -0.39 is 0 Å². The number of carbonyl (C=O) groups excluding carboxylic acids is 1. The molecule has 7 heteroatoms. The van der Waals surface area contributed by atoms with Crippen LogP contribution in [0.5, 0.6) is 0 Å². The fourth-order valence-corrected chi connectivity index (χ4v) is 4.25. The second kappa shape index (κ2) is 9.09. The first-order chi connectivity index (χ1) is 14.7. The molecule has 1 fully saturated rings. The van der Waals surface area contributed by atoms with E-state index in [9.17, 15) is 4.79 Å². The van der Waals surface area contributed by atoms with Crippen molar-refractivity contribution in [2.75, 3.05) is 11.9 Å². The highest BCUT2D eigenvalue weighted by Gasteiger charge is 2.40. The van der Waals surface area contributed by atoms with Gasteiger partial charge in [0.1, 0.15) is 0 Å². The van der Waals surface area contributed by atoms with E-state index in [-0.39, 0.29) is 18.0 Å². The number of benzene rings is 1. The number of pyridine rings is 1. The average Bonchev–Trinajstić information content (AvgIpc) is 3.37. The molecular weight excluding hydrogens is 394 g/mol. The molecule has 0 radical (unpaired) electrons. The van der Waals surface area contributed by atoms with E-state index in [1.54, 1.807) is 6.20 Å². The Bertz CT molecular complexity index is 1000. The van der Waals surface area contributed by atoms with Crippen LogP contribution in [0.15, 0.2) is 73.1 Å². The summed E-state index contributed by atoms with van der Waals surface area (Å²) in [6.07, 6.45) is 4.22. The summed E-state index contributed by atoms with van der Waals surface area (Å²) in [5, 5.41) is 7.03. The van der Waals surface area contributed by atoms with Gasteiger partial charge in [0, 0.05) is 43.3 Å². The molecule has 1 aliphatic heterocycles. The SMILES string of the molecule is CCn1cccc1C1C(c2ccccn2)NC(=S)N1CCC(=O)Nc1ccccc1. The lowest BCUT2D eigenvalue weighted by Crippen LogP contribution is -2.33. The van der Waals surface area contributed by atoms with Crippen molar-refractivity contribution in [2.45, 2.75) is 32.0 Å². The second-order valence-corrected chi connectivity index (χ2v) is 7.59. The Labute approximate surface area is 181 Å². The molecule has 1 saturated heterocycles. The summed E-state index contributed by atoms with van der Waals surface area (Å²) in [5.74, 6) is -0.0325. The normalized spacial score (nSPS) is 18.3. The van der Waals surface area contributed by atoms with Crippen molar-refractivity contribution in [3.8, 4) is 0 Å². The minimum absolute atomic E-state index is 0.0325. The van der Waals surface area contributed by atoms with Crippen LogP contribution in [0.4, 0.5) is 5.69 Å². The molecule has 2 N–H and O–H groups in total. The maximum atomic E-state index is 12.5. The summed E-state index contributed by atoms with van der Waals surface area (Å²) in [4.78, 5) is 19.2. The predicted molar refractivity (Wildman–Crippen MR) is 122 cm³/mol. The van der Waals surface area contributed by atoms with Crippen LogP contribution in [0.1, 0.15) is 36.8 Å². The second-order valence-electron chi connectivity index (χ2n) is 7.20. The monoisotopic (exact) mass is 419 g/mol. The van der Waals surface area contributed by atoms with Gasteiger partial charge in [-0.3, -0.25) is 9.78 Å². The summed E-state index contributed by atoms with van der Waals surface area (Å²) in [6.45, 7) is 3.51. The van der Waals surface area contributed by atoms with Gasteiger partial charge < -0.3 is 20.1 Å². The van der Waals surface area contributed by atoms with Crippen molar-refractivity contribution in [3.63, 3.8) is 0 Å². The summed E-state index contributed by atoms with van der Waals surface area (Å²) in [6, 6.07) is 19.5. The molecule has 1 amide bonds. The van der Waals surface area contributed by atoms with Gasteiger partial charge in [-0.1, -0.05) is 24.3 Å². The third kappa shape index (κ3) is 4.21. The zero-order chi connectivity index (χ0) is 20.9. The van der Waals surface area contributed by atoms with E-state index in [0.717, 1.165) is 23.6 Å². The molecule has 2 unspecified atom stereocenters. The van der Waals surface area contributed by atoms with Gasteiger partial charge in [0.2, 0.25) is 5.91 Å². The molecule has 2 aromatic heterocycles. The van der Waals surface area contributed by atoms with Gasteiger partial charge in [-0.05, 0) is 55.5 Å². The Morgan fingerprint density at radius 2 is 1.93 bits per heavy atom. The van der Waals surface area contributed by atoms with Crippen molar-refractivity contribution < 1.29 is 4.79 Å². The number of amides is 1. The van der Waals surface area contributed by atoms with Gasteiger partial charge in [0.15, 0.2) is 5.11 Å². The fraction of sp³-hybridized carbons (Fsp3) is 0.261. The van der Waals surface area contributed by atoms with Gasteiger partial charge in [0.05, 0.1) is 17.8 Å². The predicted octanol–water partition coefficient (Wildman–Crippen LogP) is 3.90. The lowest BCUT2D eigenvalue weighted by molar-refractivity contribution is -0.116. The minimum atomic E-state index is -0.0731. The molecule has 0 spiro atoms. The van der Waals surface area contributed by atoms with Crippen LogP contribution in [0.25, 0.3) is 0 Å². The Morgan fingerprint density at radius 1 is 1.13 bits per heavy atom. The number of aryl methyl sites for hydroxylation is 1. The van der Waals surface area contributed by atoms with Gasteiger partial charge in [-0.2, -0.15) is 0 Å². The molecule has 1 aliphatic rings. The van der Waals surface area contributed by atoms with E-state index in [1.807, 2.05) is 48.5 Å². The maximum absolute atomic E-state index is 12.5. The number of hydrogen-bond donors (Lipinski definition) is 2. The molecule has 1 aromatic carbocycles. The Morgan fingerprint density at radius 3 is 2.67 bits per heavy atom. The molecule has 30 heavy (non-hydrogen) atoms. The van der Waals surface area contributed by atoms with Crippen LogP contribution in [-0.4, -0.2) is 32.0 Å². The number of carbonyl (C=O) groups is 1. The largest absolute Gasteiger partial charge is 0.352 e. The Hall–Kier alpha value is -3.19. The fourth-order valence-electron chi connectivity index (χ4n) is 3.92. The molecular formula is C23H25N5OS. The number of thiocarbonyl (C=S) groups is 1.